The summed E-state index contributed by atoms with van der Waals surface area (Å²) in [5.41, 5.74) is 2.56. The van der Waals surface area contributed by atoms with E-state index in [4.69, 9.17) is 0 Å². The lowest BCUT2D eigenvalue weighted by Gasteiger charge is -2.23. The highest BCUT2D eigenvalue weighted by Crippen LogP contribution is 2.33. The van der Waals surface area contributed by atoms with Crippen molar-refractivity contribution in [1.29, 1.82) is 0 Å². The molecule has 1 aromatic carbocycles. The van der Waals surface area contributed by atoms with Crippen LogP contribution in [0.15, 0.2) is 18.2 Å². The highest BCUT2D eigenvalue weighted by molar-refractivity contribution is 6.05. The molecule has 0 saturated carbocycles. The molecular formula is C16H18N6O3. The molecule has 0 radical (unpaired) electrons. The first kappa shape index (κ1) is 15.6. The SMILES string of the molecule is O=C1CCCCCN1c1ccc2c(c1)N(C(=O)c1nnnn1O)CC2. The maximum atomic E-state index is 12.6. The van der Waals surface area contributed by atoms with E-state index in [2.05, 4.69) is 15.5 Å². The molecule has 0 atom stereocenters. The first-order valence-electron chi connectivity index (χ1n) is 8.38. The van der Waals surface area contributed by atoms with Crippen LogP contribution in [0.5, 0.6) is 0 Å². The summed E-state index contributed by atoms with van der Waals surface area (Å²) < 4.78 is 0. The van der Waals surface area contributed by atoms with E-state index in [9.17, 15) is 14.8 Å². The number of anilines is 2. The molecule has 1 fully saturated rings. The number of carbonyl (C=O) groups is 2. The van der Waals surface area contributed by atoms with E-state index in [-0.39, 0.29) is 11.7 Å². The molecule has 9 heteroatoms. The fourth-order valence-electron chi connectivity index (χ4n) is 3.43. The lowest BCUT2D eigenvalue weighted by Crippen LogP contribution is -2.32. The van der Waals surface area contributed by atoms with Gasteiger partial charge in [0.15, 0.2) is 0 Å². The summed E-state index contributed by atoms with van der Waals surface area (Å²) in [5.74, 6) is -0.581. The third-order valence-electron chi connectivity index (χ3n) is 4.74. The number of hydrogen-bond donors (Lipinski definition) is 1. The quantitative estimate of drug-likeness (QED) is 0.817. The van der Waals surface area contributed by atoms with Crippen LogP contribution in [-0.2, 0) is 11.2 Å². The predicted molar refractivity (Wildman–Crippen MR) is 87.6 cm³/mol. The molecule has 1 N–H and O–H groups in total. The van der Waals surface area contributed by atoms with Crippen molar-refractivity contribution in [2.45, 2.75) is 32.1 Å². The minimum Gasteiger partial charge on any atom is -0.409 e. The maximum Gasteiger partial charge on any atom is 0.301 e. The van der Waals surface area contributed by atoms with Gasteiger partial charge in [0.25, 0.3) is 5.82 Å². The van der Waals surface area contributed by atoms with E-state index in [0.717, 1.165) is 36.2 Å². The van der Waals surface area contributed by atoms with Gasteiger partial charge in [0.2, 0.25) is 5.91 Å². The molecular weight excluding hydrogens is 324 g/mol. The molecule has 4 rings (SSSR count). The summed E-state index contributed by atoms with van der Waals surface area (Å²) in [7, 11) is 0. The summed E-state index contributed by atoms with van der Waals surface area (Å²) >= 11 is 0. The normalized spacial score (nSPS) is 17.5. The molecule has 1 aromatic heterocycles. The first-order chi connectivity index (χ1) is 12.1. The maximum absolute atomic E-state index is 12.6. The van der Waals surface area contributed by atoms with Gasteiger partial charge in [0.05, 0.1) is 0 Å². The number of rotatable bonds is 2. The van der Waals surface area contributed by atoms with Crippen LogP contribution in [0.1, 0.15) is 41.9 Å². The lowest BCUT2D eigenvalue weighted by atomic mass is 10.1. The van der Waals surface area contributed by atoms with Crippen molar-refractivity contribution in [3.8, 4) is 0 Å². The van der Waals surface area contributed by atoms with Crippen LogP contribution in [0.2, 0.25) is 0 Å². The van der Waals surface area contributed by atoms with E-state index in [1.54, 1.807) is 9.80 Å². The molecule has 0 unspecified atom stereocenters. The van der Waals surface area contributed by atoms with Crippen molar-refractivity contribution >= 4 is 23.2 Å². The van der Waals surface area contributed by atoms with Crippen LogP contribution >= 0.6 is 0 Å². The molecule has 25 heavy (non-hydrogen) atoms. The van der Waals surface area contributed by atoms with E-state index in [1.165, 1.54) is 0 Å². The van der Waals surface area contributed by atoms with Gasteiger partial charge in [-0.25, -0.2) is 0 Å². The van der Waals surface area contributed by atoms with Crippen molar-refractivity contribution in [3.63, 3.8) is 0 Å². The Kier molecular flexibility index (Phi) is 3.83. The van der Waals surface area contributed by atoms with Gasteiger partial charge >= 0.3 is 5.91 Å². The van der Waals surface area contributed by atoms with Gasteiger partial charge in [0, 0.05) is 30.9 Å². The Balaban J connectivity index is 1.66. The monoisotopic (exact) mass is 342 g/mol. The van der Waals surface area contributed by atoms with E-state index >= 15 is 0 Å². The lowest BCUT2D eigenvalue weighted by molar-refractivity contribution is -0.118. The Hall–Kier alpha value is -2.97. The fraction of sp³-hybridized carbons (Fsp3) is 0.438. The zero-order valence-electron chi connectivity index (χ0n) is 13.6. The number of aromatic nitrogens is 4. The average Bonchev–Trinajstić information content (AvgIpc) is 3.16. The smallest absolute Gasteiger partial charge is 0.301 e. The third-order valence-corrected chi connectivity index (χ3v) is 4.74. The molecule has 9 nitrogen and oxygen atoms in total. The predicted octanol–water partition coefficient (Wildman–Crippen LogP) is 1.02. The second kappa shape index (κ2) is 6.15. The van der Waals surface area contributed by atoms with Gasteiger partial charge < -0.3 is 15.0 Å². The van der Waals surface area contributed by atoms with Crippen molar-refractivity contribution in [2.24, 2.45) is 0 Å². The molecule has 2 amide bonds. The van der Waals surface area contributed by atoms with E-state index < -0.39 is 5.91 Å². The standard InChI is InChI=1S/C16H18N6O3/c23-14-4-2-1-3-8-20(14)12-6-5-11-7-9-21(13(11)10-12)16(24)15-17-18-19-22(15)25/h5-6,10,25H,1-4,7-9H2. The topological polar surface area (TPSA) is 104 Å². The summed E-state index contributed by atoms with van der Waals surface area (Å²) in [6, 6.07) is 5.76. The summed E-state index contributed by atoms with van der Waals surface area (Å²) in [6.07, 6.45) is 4.22. The summed E-state index contributed by atoms with van der Waals surface area (Å²) in [5, 5.41) is 19.7. The second-order valence-electron chi connectivity index (χ2n) is 6.27. The highest BCUT2D eigenvalue weighted by atomic mass is 16.5. The highest BCUT2D eigenvalue weighted by Gasteiger charge is 2.30. The van der Waals surface area contributed by atoms with E-state index in [1.807, 2.05) is 18.2 Å². The minimum atomic E-state index is -0.467. The summed E-state index contributed by atoms with van der Waals surface area (Å²) in [6.45, 7) is 1.18. The van der Waals surface area contributed by atoms with Gasteiger partial charge in [-0.1, -0.05) is 22.4 Å². The number of benzene rings is 1. The van der Waals surface area contributed by atoms with Gasteiger partial charge in [-0.15, -0.1) is 0 Å². The third kappa shape index (κ3) is 2.71. The number of tetrazole rings is 1. The number of nitrogens with zero attached hydrogens (tertiary/aromatic N) is 6. The van der Waals surface area contributed by atoms with Crippen LogP contribution in [0.25, 0.3) is 0 Å². The van der Waals surface area contributed by atoms with Crippen molar-refractivity contribution < 1.29 is 14.8 Å². The van der Waals surface area contributed by atoms with Crippen molar-refractivity contribution in [2.75, 3.05) is 22.9 Å². The molecule has 0 bridgehead atoms. The van der Waals surface area contributed by atoms with Crippen LogP contribution in [0.4, 0.5) is 11.4 Å². The number of hydrogen-bond acceptors (Lipinski definition) is 6. The molecule has 0 aliphatic carbocycles. The van der Waals surface area contributed by atoms with Crippen LogP contribution < -0.4 is 9.80 Å². The Morgan fingerprint density at radius 1 is 1.12 bits per heavy atom. The number of carbonyl (C=O) groups excluding carboxylic acids is 2. The fourth-order valence-corrected chi connectivity index (χ4v) is 3.43. The molecule has 3 heterocycles. The zero-order valence-corrected chi connectivity index (χ0v) is 13.6. The van der Waals surface area contributed by atoms with Crippen LogP contribution in [-0.4, -0.2) is 50.5 Å². The Morgan fingerprint density at radius 3 is 2.80 bits per heavy atom. The van der Waals surface area contributed by atoms with Crippen molar-refractivity contribution in [3.05, 3.63) is 29.6 Å². The molecule has 1 saturated heterocycles. The van der Waals surface area contributed by atoms with Crippen molar-refractivity contribution in [1.82, 2.24) is 20.4 Å². The first-order valence-corrected chi connectivity index (χ1v) is 8.38. The molecule has 2 aliphatic rings. The average molecular weight is 342 g/mol. The number of fused-ring (bicyclic) bond motifs is 1. The summed E-state index contributed by atoms with van der Waals surface area (Å²) in [4.78, 5) is 28.7. The zero-order chi connectivity index (χ0) is 17.4. The molecule has 0 spiro atoms. The van der Waals surface area contributed by atoms with Crippen LogP contribution in [0, 0.1) is 0 Å². The largest absolute Gasteiger partial charge is 0.409 e. The Morgan fingerprint density at radius 2 is 2.00 bits per heavy atom. The Bertz CT molecular complexity index is 833. The van der Waals surface area contributed by atoms with E-state index in [0.29, 0.717) is 30.8 Å². The second-order valence-corrected chi connectivity index (χ2v) is 6.27. The van der Waals surface area contributed by atoms with Gasteiger partial charge in [-0.05, 0) is 47.4 Å². The van der Waals surface area contributed by atoms with Gasteiger partial charge in [-0.3, -0.25) is 9.59 Å². The van der Waals surface area contributed by atoms with Gasteiger partial charge in [0.1, 0.15) is 0 Å². The molecule has 2 aromatic rings. The Labute approximate surface area is 143 Å². The molecule has 130 valence electrons. The van der Waals surface area contributed by atoms with Gasteiger partial charge in [-0.2, -0.15) is 0 Å². The van der Waals surface area contributed by atoms with Crippen LogP contribution in [0.3, 0.4) is 0 Å². The number of amides is 2. The minimum absolute atomic E-state index is 0.118. The molecule has 2 aliphatic heterocycles.